The summed E-state index contributed by atoms with van der Waals surface area (Å²) < 4.78 is 0. The molecule has 0 aliphatic rings. The van der Waals surface area contributed by atoms with Gasteiger partial charge in [-0.2, -0.15) is 10.1 Å². The minimum atomic E-state index is 0.399. The molecule has 1 heterocycles. The second-order valence-corrected chi connectivity index (χ2v) is 6.08. The first-order valence-corrected chi connectivity index (χ1v) is 8.07. The van der Waals surface area contributed by atoms with Crippen LogP contribution in [0.15, 0.2) is 48.7 Å². The van der Waals surface area contributed by atoms with E-state index in [2.05, 4.69) is 25.8 Å². The Kier molecular flexibility index (Phi) is 5.13. The van der Waals surface area contributed by atoms with E-state index in [-0.39, 0.29) is 0 Å². The lowest BCUT2D eigenvalue weighted by Gasteiger charge is -2.08. The van der Waals surface area contributed by atoms with Gasteiger partial charge in [-0.25, -0.2) is 0 Å². The van der Waals surface area contributed by atoms with Gasteiger partial charge in [0.05, 0.1) is 6.20 Å². The molecule has 0 spiro atoms. The van der Waals surface area contributed by atoms with Crippen LogP contribution in [0.2, 0.25) is 10.0 Å². The smallest absolute Gasteiger partial charge is 0.249 e. The number of rotatable bonds is 5. The van der Waals surface area contributed by atoms with Crippen LogP contribution in [-0.2, 0) is 6.54 Å². The lowest BCUT2D eigenvalue weighted by Crippen LogP contribution is -2.05. The van der Waals surface area contributed by atoms with Crippen LogP contribution in [0.1, 0.15) is 11.1 Å². The molecule has 0 atom stereocenters. The van der Waals surface area contributed by atoms with Gasteiger partial charge in [0.1, 0.15) is 0 Å². The first kappa shape index (κ1) is 16.5. The molecule has 0 saturated carbocycles. The molecule has 0 unspecified atom stereocenters. The minimum absolute atomic E-state index is 0.399. The highest BCUT2D eigenvalue weighted by Gasteiger charge is 2.03. The zero-order valence-electron chi connectivity index (χ0n) is 12.9. The summed E-state index contributed by atoms with van der Waals surface area (Å²) in [6, 6.07) is 13.3. The van der Waals surface area contributed by atoms with Gasteiger partial charge in [0.25, 0.3) is 0 Å². The van der Waals surface area contributed by atoms with E-state index in [0.717, 1.165) is 16.8 Å². The summed E-state index contributed by atoms with van der Waals surface area (Å²) in [6.45, 7) is 2.57. The molecule has 0 radical (unpaired) electrons. The summed E-state index contributed by atoms with van der Waals surface area (Å²) in [6.07, 6.45) is 1.57. The Morgan fingerprint density at radius 1 is 1.04 bits per heavy atom. The third-order valence-electron chi connectivity index (χ3n) is 3.37. The molecule has 0 fully saturated rings. The van der Waals surface area contributed by atoms with Crippen molar-refractivity contribution in [3.63, 3.8) is 0 Å². The fraction of sp³-hybridized carbons (Fsp3) is 0.118. The molecule has 2 N–H and O–H groups in total. The van der Waals surface area contributed by atoms with Gasteiger partial charge in [0.15, 0.2) is 5.82 Å². The minimum Gasteiger partial charge on any atom is -0.365 e. The van der Waals surface area contributed by atoms with Crippen LogP contribution in [0.25, 0.3) is 0 Å². The average molecular weight is 360 g/mol. The fourth-order valence-electron chi connectivity index (χ4n) is 2.04. The average Bonchev–Trinajstić information content (AvgIpc) is 2.58. The summed E-state index contributed by atoms with van der Waals surface area (Å²) in [4.78, 5) is 4.39. The van der Waals surface area contributed by atoms with Gasteiger partial charge < -0.3 is 10.6 Å². The molecule has 0 bridgehead atoms. The van der Waals surface area contributed by atoms with Gasteiger partial charge >= 0.3 is 0 Å². The SMILES string of the molecule is Cc1ccc(Nc2nncc(NCc3ccc(Cl)cc3)n2)cc1Cl. The molecule has 0 saturated heterocycles. The number of benzene rings is 2. The van der Waals surface area contributed by atoms with Crippen molar-refractivity contribution in [1.29, 1.82) is 0 Å². The molecule has 7 heteroatoms. The maximum atomic E-state index is 6.12. The Bertz CT molecular complexity index is 837. The summed E-state index contributed by atoms with van der Waals surface area (Å²) in [5, 5.41) is 15.6. The number of aromatic nitrogens is 3. The monoisotopic (exact) mass is 359 g/mol. The standard InChI is InChI=1S/C17H15Cl2N5/c1-11-2-7-14(8-15(11)19)22-17-23-16(10-21-24-17)20-9-12-3-5-13(18)6-4-12/h2-8,10H,9H2,1H3,(H2,20,22,23,24). The maximum absolute atomic E-state index is 6.12. The van der Waals surface area contributed by atoms with E-state index in [1.165, 1.54) is 0 Å². The number of hydrogen-bond acceptors (Lipinski definition) is 5. The number of nitrogens with zero attached hydrogens (tertiary/aromatic N) is 3. The maximum Gasteiger partial charge on any atom is 0.249 e. The van der Waals surface area contributed by atoms with Gasteiger partial charge in [-0.05, 0) is 42.3 Å². The van der Waals surface area contributed by atoms with Crippen LogP contribution >= 0.6 is 23.2 Å². The molecule has 0 amide bonds. The van der Waals surface area contributed by atoms with Gasteiger partial charge in [-0.3, -0.25) is 0 Å². The molecule has 3 rings (SSSR count). The molecular formula is C17H15Cl2N5. The van der Waals surface area contributed by atoms with Crippen LogP contribution in [0.3, 0.4) is 0 Å². The van der Waals surface area contributed by atoms with Crippen molar-refractivity contribution in [2.24, 2.45) is 0 Å². The van der Waals surface area contributed by atoms with Crippen molar-refractivity contribution >= 4 is 40.7 Å². The molecule has 5 nitrogen and oxygen atoms in total. The van der Waals surface area contributed by atoms with Gasteiger partial charge in [-0.1, -0.05) is 41.4 Å². The Balaban J connectivity index is 1.67. The van der Waals surface area contributed by atoms with E-state index in [1.54, 1.807) is 6.20 Å². The molecule has 3 aromatic rings. The van der Waals surface area contributed by atoms with Crippen molar-refractivity contribution in [3.8, 4) is 0 Å². The van der Waals surface area contributed by atoms with Crippen molar-refractivity contribution in [1.82, 2.24) is 15.2 Å². The van der Waals surface area contributed by atoms with Crippen molar-refractivity contribution in [2.45, 2.75) is 13.5 Å². The zero-order chi connectivity index (χ0) is 16.9. The molecule has 0 aliphatic carbocycles. The van der Waals surface area contributed by atoms with Crippen LogP contribution in [0.4, 0.5) is 17.5 Å². The second kappa shape index (κ2) is 7.47. The Morgan fingerprint density at radius 3 is 2.58 bits per heavy atom. The quantitative estimate of drug-likeness (QED) is 0.682. The summed E-state index contributed by atoms with van der Waals surface area (Å²) in [7, 11) is 0. The molecule has 122 valence electrons. The van der Waals surface area contributed by atoms with E-state index in [1.807, 2.05) is 49.4 Å². The van der Waals surface area contributed by atoms with E-state index < -0.39 is 0 Å². The molecular weight excluding hydrogens is 345 g/mol. The fourth-order valence-corrected chi connectivity index (χ4v) is 2.34. The van der Waals surface area contributed by atoms with E-state index in [9.17, 15) is 0 Å². The van der Waals surface area contributed by atoms with Gasteiger partial charge in [0.2, 0.25) is 5.95 Å². The Morgan fingerprint density at radius 2 is 1.83 bits per heavy atom. The lowest BCUT2D eigenvalue weighted by molar-refractivity contribution is 0.966. The van der Waals surface area contributed by atoms with Crippen LogP contribution in [-0.4, -0.2) is 15.2 Å². The summed E-state index contributed by atoms with van der Waals surface area (Å²) in [5.41, 5.74) is 2.92. The molecule has 2 aromatic carbocycles. The van der Waals surface area contributed by atoms with Crippen molar-refractivity contribution < 1.29 is 0 Å². The second-order valence-electron chi connectivity index (χ2n) is 5.23. The number of aryl methyl sites for hydroxylation is 1. The van der Waals surface area contributed by atoms with Crippen molar-refractivity contribution in [3.05, 3.63) is 69.8 Å². The first-order valence-electron chi connectivity index (χ1n) is 7.31. The highest BCUT2D eigenvalue weighted by Crippen LogP contribution is 2.22. The molecule has 24 heavy (non-hydrogen) atoms. The largest absolute Gasteiger partial charge is 0.365 e. The molecule has 0 aliphatic heterocycles. The van der Waals surface area contributed by atoms with E-state index in [0.29, 0.717) is 28.4 Å². The Labute approximate surface area is 150 Å². The number of hydrogen-bond donors (Lipinski definition) is 2. The third kappa shape index (κ3) is 4.34. The van der Waals surface area contributed by atoms with Crippen molar-refractivity contribution in [2.75, 3.05) is 10.6 Å². The van der Waals surface area contributed by atoms with Crippen LogP contribution in [0, 0.1) is 6.92 Å². The van der Waals surface area contributed by atoms with Gasteiger partial charge in [-0.15, -0.1) is 5.10 Å². The topological polar surface area (TPSA) is 62.7 Å². The molecule has 1 aromatic heterocycles. The highest BCUT2D eigenvalue weighted by atomic mass is 35.5. The summed E-state index contributed by atoms with van der Waals surface area (Å²) in [5.74, 6) is 1.02. The van der Waals surface area contributed by atoms with Gasteiger partial charge in [0, 0.05) is 22.3 Å². The number of nitrogens with one attached hydrogen (secondary N) is 2. The highest BCUT2D eigenvalue weighted by molar-refractivity contribution is 6.31. The predicted molar refractivity (Wildman–Crippen MR) is 98.1 cm³/mol. The normalized spacial score (nSPS) is 10.5. The third-order valence-corrected chi connectivity index (χ3v) is 4.03. The number of anilines is 3. The first-order chi connectivity index (χ1) is 11.6. The lowest BCUT2D eigenvalue weighted by atomic mass is 10.2. The van der Waals surface area contributed by atoms with E-state index in [4.69, 9.17) is 23.2 Å². The zero-order valence-corrected chi connectivity index (χ0v) is 14.4. The number of halogens is 2. The van der Waals surface area contributed by atoms with Crippen LogP contribution in [0.5, 0.6) is 0 Å². The van der Waals surface area contributed by atoms with E-state index >= 15 is 0 Å². The summed E-state index contributed by atoms with van der Waals surface area (Å²) >= 11 is 12.0. The Hall–Kier alpha value is -2.37. The predicted octanol–water partition coefficient (Wildman–Crippen LogP) is 4.84. The van der Waals surface area contributed by atoms with Crippen LogP contribution < -0.4 is 10.6 Å².